The molecule has 0 saturated carbocycles. The smallest absolute Gasteiger partial charge is 0.312 e. The lowest BCUT2D eigenvalue weighted by Gasteiger charge is -2.32. The Bertz CT molecular complexity index is 811. The van der Waals surface area contributed by atoms with Crippen LogP contribution in [-0.4, -0.2) is 33.6 Å². The van der Waals surface area contributed by atoms with Crippen LogP contribution in [0.3, 0.4) is 0 Å². The highest BCUT2D eigenvalue weighted by molar-refractivity contribution is 9.13. The fourth-order valence-electron chi connectivity index (χ4n) is 3.24. The van der Waals surface area contributed by atoms with Crippen LogP contribution in [-0.2, 0) is 0 Å². The molecule has 1 atom stereocenters. The van der Waals surface area contributed by atoms with Crippen molar-refractivity contribution in [1.29, 1.82) is 0 Å². The molecule has 0 amide bonds. The van der Waals surface area contributed by atoms with E-state index in [1.54, 1.807) is 0 Å². The summed E-state index contributed by atoms with van der Waals surface area (Å²) in [7, 11) is 0. The van der Waals surface area contributed by atoms with E-state index in [0.717, 1.165) is 30.9 Å². The molecule has 1 aromatic carbocycles. The summed E-state index contributed by atoms with van der Waals surface area (Å²) in [6.45, 7) is 5.68. The number of piperidine rings is 1. The summed E-state index contributed by atoms with van der Waals surface area (Å²) < 4.78 is 3.11. The first-order valence-electron chi connectivity index (χ1n) is 7.86. The van der Waals surface area contributed by atoms with E-state index >= 15 is 0 Å². The van der Waals surface area contributed by atoms with Gasteiger partial charge < -0.3 is 15.2 Å². The number of halogens is 3. The number of fused-ring (bicyclic) bond motifs is 1. The second kappa shape index (κ2) is 7.77. The highest BCUT2D eigenvalue weighted by Crippen LogP contribution is 2.41. The molecule has 0 radical (unpaired) electrons. The molecule has 10 heteroatoms. The first-order chi connectivity index (χ1) is 11.3. The predicted octanol–water partition coefficient (Wildman–Crippen LogP) is 4.40. The Morgan fingerprint density at radius 2 is 2.12 bits per heavy atom. The second-order valence-corrected chi connectivity index (χ2v) is 8.02. The topological polar surface area (TPSA) is 90.2 Å². The molecule has 1 fully saturated rings. The Morgan fingerprint density at radius 3 is 2.68 bits per heavy atom. The van der Waals surface area contributed by atoms with Gasteiger partial charge in [-0.05, 0) is 64.6 Å². The Labute approximate surface area is 168 Å². The van der Waals surface area contributed by atoms with Crippen molar-refractivity contribution < 1.29 is 4.92 Å². The van der Waals surface area contributed by atoms with Gasteiger partial charge in [0.25, 0.3) is 0 Å². The summed E-state index contributed by atoms with van der Waals surface area (Å²) in [5.74, 6) is 0.753. The van der Waals surface area contributed by atoms with Gasteiger partial charge in [-0.15, -0.1) is 12.4 Å². The average molecular weight is 498 g/mol. The zero-order valence-electron chi connectivity index (χ0n) is 13.9. The SMILES string of the molecule is CC(C)n1c(N2CCC[C@H](N)C2)nc2c([N+](=O)[O-])c(Br)c(Br)cc21.Cl. The molecule has 1 aliphatic heterocycles. The van der Waals surface area contributed by atoms with E-state index in [1.807, 2.05) is 6.07 Å². The minimum Gasteiger partial charge on any atom is -0.341 e. The number of benzene rings is 1. The van der Waals surface area contributed by atoms with Crippen molar-refractivity contribution in [2.45, 2.75) is 38.8 Å². The molecular formula is C15H20Br2ClN5O2. The number of nitrogens with zero attached hydrogens (tertiary/aromatic N) is 4. The zero-order chi connectivity index (χ0) is 17.6. The molecule has 138 valence electrons. The molecule has 2 aromatic rings. The Kier molecular flexibility index (Phi) is 6.35. The van der Waals surface area contributed by atoms with Gasteiger partial charge >= 0.3 is 5.69 Å². The Morgan fingerprint density at radius 1 is 1.44 bits per heavy atom. The molecule has 25 heavy (non-hydrogen) atoms. The molecule has 1 aliphatic rings. The van der Waals surface area contributed by atoms with Gasteiger partial charge in [0.15, 0.2) is 5.52 Å². The van der Waals surface area contributed by atoms with Gasteiger partial charge in [0.1, 0.15) is 4.47 Å². The maximum atomic E-state index is 11.6. The summed E-state index contributed by atoms with van der Waals surface area (Å²) in [5.41, 5.74) is 7.25. The van der Waals surface area contributed by atoms with Crippen LogP contribution in [0, 0.1) is 10.1 Å². The number of hydrogen-bond acceptors (Lipinski definition) is 5. The molecule has 7 nitrogen and oxygen atoms in total. The standard InChI is InChI=1S/C15H19Br2N5O2.ClH/c1-8(2)21-11-6-10(16)12(17)14(22(23)24)13(11)19-15(21)20-5-3-4-9(18)7-20;/h6,8-9H,3-5,7,18H2,1-2H3;1H/t9-;/m0./s1. The Balaban J connectivity index is 0.00000225. The van der Waals surface area contributed by atoms with Crippen molar-refractivity contribution in [2.24, 2.45) is 5.73 Å². The van der Waals surface area contributed by atoms with Crippen molar-refractivity contribution in [2.75, 3.05) is 18.0 Å². The normalized spacial score (nSPS) is 17.8. The first kappa shape index (κ1) is 20.4. The van der Waals surface area contributed by atoms with Crippen molar-refractivity contribution >= 4 is 66.9 Å². The van der Waals surface area contributed by atoms with Crippen molar-refractivity contribution in [3.63, 3.8) is 0 Å². The monoisotopic (exact) mass is 495 g/mol. The number of aromatic nitrogens is 2. The predicted molar refractivity (Wildman–Crippen MR) is 109 cm³/mol. The minimum atomic E-state index is -0.388. The van der Waals surface area contributed by atoms with Gasteiger partial charge in [-0.25, -0.2) is 4.98 Å². The zero-order valence-corrected chi connectivity index (χ0v) is 17.9. The number of nitro benzene ring substituents is 1. The average Bonchev–Trinajstić information content (AvgIpc) is 2.86. The summed E-state index contributed by atoms with van der Waals surface area (Å²) in [5, 5.41) is 11.6. The lowest BCUT2D eigenvalue weighted by molar-refractivity contribution is -0.384. The molecule has 0 spiro atoms. The molecule has 0 aliphatic carbocycles. The van der Waals surface area contributed by atoms with Gasteiger partial charge in [0.2, 0.25) is 5.95 Å². The third-order valence-corrected chi connectivity index (χ3v) is 6.23. The number of hydrogen-bond donors (Lipinski definition) is 1. The number of rotatable bonds is 3. The van der Waals surface area contributed by atoms with E-state index in [9.17, 15) is 10.1 Å². The van der Waals surface area contributed by atoms with E-state index in [4.69, 9.17) is 5.73 Å². The fourth-order valence-corrected chi connectivity index (χ4v) is 4.09. The number of imidazole rings is 1. The number of nitrogens with two attached hydrogens (primary N) is 1. The van der Waals surface area contributed by atoms with E-state index in [2.05, 4.69) is 60.2 Å². The molecular weight excluding hydrogens is 477 g/mol. The van der Waals surface area contributed by atoms with Crippen LogP contribution in [0.15, 0.2) is 15.0 Å². The number of anilines is 1. The third kappa shape index (κ3) is 3.65. The highest BCUT2D eigenvalue weighted by Gasteiger charge is 2.29. The molecule has 2 heterocycles. The lowest BCUT2D eigenvalue weighted by atomic mass is 10.1. The summed E-state index contributed by atoms with van der Waals surface area (Å²) >= 11 is 6.71. The Hall–Kier alpha value is -0.900. The second-order valence-electron chi connectivity index (χ2n) is 6.37. The van der Waals surface area contributed by atoms with Gasteiger partial charge in [-0.1, -0.05) is 0 Å². The van der Waals surface area contributed by atoms with Crippen molar-refractivity contribution in [3.8, 4) is 0 Å². The van der Waals surface area contributed by atoms with Crippen LogP contribution in [0.2, 0.25) is 0 Å². The van der Waals surface area contributed by atoms with E-state index in [-0.39, 0.29) is 35.1 Å². The quantitative estimate of drug-likeness (QED) is 0.502. The highest BCUT2D eigenvalue weighted by atomic mass is 79.9. The first-order valence-corrected chi connectivity index (χ1v) is 9.44. The molecule has 1 saturated heterocycles. The summed E-state index contributed by atoms with van der Waals surface area (Å²) in [6, 6.07) is 2.11. The van der Waals surface area contributed by atoms with Crippen LogP contribution >= 0.6 is 44.3 Å². The molecule has 3 rings (SSSR count). The van der Waals surface area contributed by atoms with E-state index < -0.39 is 0 Å². The molecule has 0 bridgehead atoms. The lowest BCUT2D eigenvalue weighted by Crippen LogP contribution is -2.44. The maximum absolute atomic E-state index is 11.6. The van der Waals surface area contributed by atoms with E-state index in [0.29, 0.717) is 21.0 Å². The molecule has 0 unspecified atom stereocenters. The van der Waals surface area contributed by atoms with Gasteiger partial charge in [-0.3, -0.25) is 10.1 Å². The molecule has 1 aromatic heterocycles. The van der Waals surface area contributed by atoms with Gasteiger partial charge in [0.05, 0.1) is 10.4 Å². The van der Waals surface area contributed by atoms with Crippen LogP contribution < -0.4 is 10.6 Å². The van der Waals surface area contributed by atoms with Crippen LogP contribution in [0.5, 0.6) is 0 Å². The van der Waals surface area contributed by atoms with Crippen molar-refractivity contribution in [1.82, 2.24) is 9.55 Å². The fraction of sp³-hybridized carbons (Fsp3) is 0.533. The third-order valence-electron chi connectivity index (χ3n) is 4.27. The van der Waals surface area contributed by atoms with Crippen molar-refractivity contribution in [3.05, 3.63) is 25.1 Å². The van der Waals surface area contributed by atoms with Gasteiger partial charge in [0, 0.05) is 29.6 Å². The van der Waals surface area contributed by atoms with Crippen LogP contribution in [0.25, 0.3) is 11.0 Å². The van der Waals surface area contributed by atoms with E-state index in [1.165, 1.54) is 0 Å². The number of nitro groups is 1. The van der Waals surface area contributed by atoms with Crippen LogP contribution in [0.4, 0.5) is 11.6 Å². The largest absolute Gasteiger partial charge is 0.341 e. The van der Waals surface area contributed by atoms with Crippen LogP contribution in [0.1, 0.15) is 32.7 Å². The minimum absolute atomic E-state index is 0. The summed E-state index contributed by atoms with van der Waals surface area (Å²) in [6.07, 6.45) is 1.99. The molecule has 2 N–H and O–H groups in total. The van der Waals surface area contributed by atoms with Gasteiger partial charge in [-0.2, -0.15) is 0 Å². The summed E-state index contributed by atoms with van der Waals surface area (Å²) in [4.78, 5) is 18.0. The maximum Gasteiger partial charge on any atom is 0.312 e.